The van der Waals surface area contributed by atoms with E-state index in [9.17, 15) is 0 Å². The van der Waals surface area contributed by atoms with E-state index in [1.54, 1.807) is 24.4 Å². The van der Waals surface area contributed by atoms with E-state index < -0.39 is 20.6 Å². The zero-order valence-electron chi connectivity index (χ0n) is 32.6. The molecule has 0 saturated heterocycles. The van der Waals surface area contributed by atoms with Gasteiger partial charge < -0.3 is 14.4 Å². The molecular formula is C40H29IrN3O-2. The van der Waals surface area contributed by atoms with Crippen LogP contribution in [0.3, 0.4) is 0 Å². The molecule has 1 radical (unpaired) electrons. The SMILES string of the molecule is [2H]C([2H])([2H])c1c[c-]c(-c2ccc(C([2H])([2H])[2H])cn2)cc1.[2H]C([2H])([2H])c1ccc2c(n1)oc1c(-c3cc(-c4ccc5ccccc5c4)ccn3)[c-]ccc12.[Ir]. The molecule has 0 aliphatic rings. The third kappa shape index (κ3) is 6.32. The number of benzene rings is 4. The van der Waals surface area contributed by atoms with Crippen LogP contribution in [0.1, 0.15) is 29.2 Å². The van der Waals surface area contributed by atoms with Gasteiger partial charge in [0, 0.05) is 55.9 Å². The molecule has 221 valence electrons. The maximum Gasteiger partial charge on any atom is 0.216 e. The molecule has 0 bridgehead atoms. The van der Waals surface area contributed by atoms with Crippen LogP contribution in [0.4, 0.5) is 0 Å². The second-order valence-electron chi connectivity index (χ2n) is 10.2. The Hall–Kier alpha value is -4.96. The Morgan fingerprint density at radius 2 is 1.56 bits per heavy atom. The van der Waals surface area contributed by atoms with Gasteiger partial charge in [0.25, 0.3) is 0 Å². The first-order chi connectivity index (χ1) is 25.1. The van der Waals surface area contributed by atoms with Crippen molar-refractivity contribution in [2.45, 2.75) is 20.6 Å². The molecule has 0 saturated carbocycles. The normalized spacial score (nSPS) is 14.6. The van der Waals surface area contributed by atoms with E-state index in [1.165, 1.54) is 41.2 Å². The first-order valence-corrected chi connectivity index (χ1v) is 13.8. The summed E-state index contributed by atoms with van der Waals surface area (Å²) in [5, 5.41) is 3.98. The maximum atomic E-state index is 7.63. The molecule has 4 aromatic carbocycles. The van der Waals surface area contributed by atoms with Gasteiger partial charge in [-0.05, 0) is 76.8 Å². The van der Waals surface area contributed by atoms with Gasteiger partial charge in [-0.15, -0.1) is 53.6 Å². The molecular weight excluding hydrogens is 731 g/mol. The van der Waals surface area contributed by atoms with Crippen LogP contribution < -0.4 is 0 Å². The van der Waals surface area contributed by atoms with Gasteiger partial charge in [-0.2, -0.15) is 0 Å². The number of aromatic nitrogens is 3. The van der Waals surface area contributed by atoms with Gasteiger partial charge in [0.2, 0.25) is 5.71 Å². The van der Waals surface area contributed by atoms with E-state index in [4.69, 9.17) is 16.8 Å². The van der Waals surface area contributed by atoms with Gasteiger partial charge in [-0.3, -0.25) is 0 Å². The average molecular weight is 769 g/mol. The Kier molecular flexibility index (Phi) is 6.01. The van der Waals surface area contributed by atoms with Crippen molar-refractivity contribution < 1.29 is 36.9 Å². The summed E-state index contributed by atoms with van der Waals surface area (Å²) in [7, 11) is 0. The molecule has 4 nitrogen and oxygen atoms in total. The first-order valence-electron chi connectivity index (χ1n) is 18.3. The summed E-state index contributed by atoms with van der Waals surface area (Å²) in [6, 6.07) is 39.3. The Morgan fingerprint density at radius 1 is 0.689 bits per heavy atom. The molecule has 4 heterocycles. The van der Waals surface area contributed by atoms with E-state index in [2.05, 4.69) is 57.4 Å². The zero-order valence-corrected chi connectivity index (χ0v) is 26.0. The second-order valence-corrected chi connectivity index (χ2v) is 10.2. The standard InChI is InChI=1S/C27H17N2O.C13H12N.Ir/c1-17-9-12-23-22-7-4-8-24(26(22)30-27(23)29-17)25-16-21(13-14-28-25)20-11-10-18-5-2-3-6-19(18)15-20;1-10-3-6-12(7-4-10)13-8-5-11(2)9-14-13;/h2-7,9-16H,1H3;3-6,8-9H,1-2H3;/q2*-1;/i1D3;1D3,2D3;. The number of fused-ring (bicyclic) bond motifs is 4. The number of rotatable bonds is 3. The molecule has 8 rings (SSSR count). The first kappa shape index (κ1) is 20.9. The van der Waals surface area contributed by atoms with Crippen molar-refractivity contribution in [3.8, 4) is 33.6 Å². The van der Waals surface area contributed by atoms with Gasteiger partial charge in [-0.25, -0.2) is 4.98 Å². The molecule has 0 unspecified atom stereocenters. The Labute approximate surface area is 288 Å². The molecule has 8 aromatic rings. The van der Waals surface area contributed by atoms with Crippen molar-refractivity contribution in [2.24, 2.45) is 0 Å². The number of nitrogens with zero attached hydrogens (tertiary/aromatic N) is 3. The predicted octanol–water partition coefficient (Wildman–Crippen LogP) is 10.1. The molecule has 0 amide bonds. The molecule has 0 atom stereocenters. The van der Waals surface area contributed by atoms with Crippen molar-refractivity contribution in [3.05, 3.63) is 151 Å². The molecule has 5 heteroatoms. The van der Waals surface area contributed by atoms with Gasteiger partial charge in [0.15, 0.2) is 0 Å². The van der Waals surface area contributed by atoms with Gasteiger partial charge in [-0.1, -0.05) is 72.4 Å². The van der Waals surface area contributed by atoms with Crippen molar-refractivity contribution in [1.29, 1.82) is 0 Å². The number of aryl methyl sites for hydroxylation is 3. The third-order valence-electron chi connectivity index (χ3n) is 7.25. The summed E-state index contributed by atoms with van der Waals surface area (Å²) in [4.78, 5) is 12.9. The predicted molar refractivity (Wildman–Crippen MR) is 179 cm³/mol. The van der Waals surface area contributed by atoms with Crippen LogP contribution in [0.15, 0.2) is 126 Å². The summed E-state index contributed by atoms with van der Waals surface area (Å²) in [6.07, 6.45) is 3.08. The largest absolute Gasteiger partial charge is 0.486 e. The van der Waals surface area contributed by atoms with Crippen LogP contribution in [0.25, 0.3) is 66.5 Å². The smallest absolute Gasteiger partial charge is 0.216 e. The molecule has 45 heavy (non-hydrogen) atoms. The maximum absolute atomic E-state index is 7.63. The molecule has 0 spiro atoms. The fourth-order valence-corrected chi connectivity index (χ4v) is 5.07. The third-order valence-corrected chi connectivity index (χ3v) is 7.25. The Balaban J connectivity index is 0.000000205. The minimum atomic E-state index is -2.29. The monoisotopic (exact) mass is 769 g/mol. The molecule has 4 aromatic heterocycles. The van der Waals surface area contributed by atoms with E-state index in [0.717, 1.165) is 27.6 Å². The average Bonchev–Trinajstić information content (AvgIpc) is 3.52. The molecule has 0 aliphatic carbocycles. The minimum absolute atomic E-state index is 0. The van der Waals surface area contributed by atoms with Crippen molar-refractivity contribution in [3.63, 3.8) is 0 Å². The Morgan fingerprint density at radius 3 is 2.36 bits per heavy atom. The van der Waals surface area contributed by atoms with Crippen LogP contribution in [0.5, 0.6) is 0 Å². The fourth-order valence-electron chi connectivity index (χ4n) is 5.07. The minimum Gasteiger partial charge on any atom is -0.486 e. The molecule has 0 N–H and O–H groups in total. The van der Waals surface area contributed by atoms with E-state index >= 15 is 0 Å². The van der Waals surface area contributed by atoms with E-state index in [1.807, 2.05) is 36.4 Å². The number of hydrogen-bond acceptors (Lipinski definition) is 4. The van der Waals surface area contributed by atoms with E-state index in [-0.39, 0.29) is 36.9 Å². The summed E-state index contributed by atoms with van der Waals surface area (Å²) >= 11 is 0. The fraction of sp³-hybridized carbons (Fsp3) is 0.0750. The summed E-state index contributed by atoms with van der Waals surface area (Å²) < 4.78 is 72.6. The van der Waals surface area contributed by atoms with Gasteiger partial charge >= 0.3 is 0 Å². The van der Waals surface area contributed by atoms with Gasteiger partial charge in [0.1, 0.15) is 0 Å². The van der Waals surface area contributed by atoms with Crippen LogP contribution >= 0.6 is 0 Å². The summed E-state index contributed by atoms with van der Waals surface area (Å²) in [5.41, 5.74) is 6.01. The zero-order chi connectivity index (χ0) is 37.5. The summed E-state index contributed by atoms with van der Waals surface area (Å²) in [6.45, 7) is -6.63. The van der Waals surface area contributed by atoms with Crippen molar-refractivity contribution in [2.75, 3.05) is 0 Å². The summed E-state index contributed by atoms with van der Waals surface area (Å²) in [5.74, 6) is 0. The van der Waals surface area contributed by atoms with Crippen LogP contribution in [-0.2, 0) is 20.1 Å². The number of furan rings is 1. The molecule has 0 aliphatic heterocycles. The Bertz CT molecular complexity index is 2520. The van der Waals surface area contributed by atoms with Gasteiger partial charge in [0.05, 0.1) is 5.58 Å². The second kappa shape index (κ2) is 13.0. The quantitative estimate of drug-likeness (QED) is 0.168. The van der Waals surface area contributed by atoms with Crippen LogP contribution in [0.2, 0.25) is 0 Å². The number of hydrogen-bond donors (Lipinski definition) is 0. The van der Waals surface area contributed by atoms with E-state index in [0.29, 0.717) is 28.1 Å². The van der Waals surface area contributed by atoms with Crippen LogP contribution in [0, 0.1) is 32.7 Å². The number of pyridine rings is 3. The molecule has 0 fully saturated rings. The van der Waals surface area contributed by atoms with Crippen molar-refractivity contribution in [1.82, 2.24) is 15.0 Å². The topological polar surface area (TPSA) is 51.8 Å². The van der Waals surface area contributed by atoms with Crippen LogP contribution in [-0.4, -0.2) is 15.0 Å². The van der Waals surface area contributed by atoms with Crippen molar-refractivity contribution >= 4 is 32.8 Å².